The Morgan fingerprint density at radius 2 is 1.89 bits per heavy atom. The van der Waals surface area contributed by atoms with Gasteiger partial charge in [-0.15, -0.1) is 0 Å². The summed E-state index contributed by atoms with van der Waals surface area (Å²) in [5.74, 6) is 1.49. The third-order valence-electron chi connectivity index (χ3n) is 5.15. The summed E-state index contributed by atoms with van der Waals surface area (Å²) >= 11 is 0. The molecular weight excluding hydrogens is 226 g/mol. The second-order valence-electron chi connectivity index (χ2n) is 6.55. The summed E-state index contributed by atoms with van der Waals surface area (Å²) in [6, 6.07) is 0.802. The summed E-state index contributed by atoms with van der Waals surface area (Å²) in [5, 5.41) is 10.3. The van der Waals surface area contributed by atoms with Crippen molar-refractivity contribution in [3.05, 3.63) is 0 Å². The van der Waals surface area contributed by atoms with E-state index >= 15 is 0 Å². The molecule has 2 aliphatic rings. The van der Waals surface area contributed by atoms with Crippen molar-refractivity contribution in [2.45, 2.75) is 70.7 Å². The standard InChI is InChI=1S/C15H29NO2/c1-10(2)12-5-6-15(17)14(9-12)16(4)13-7-8-18-11(13)3/h10-15,17H,5-9H2,1-4H3. The fourth-order valence-electron chi connectivity index (χ4n) is 3.71. The van der Waals surface area contributed by atoms with Gasteiger partial charge in [-0.1, -0.05) is 13.8 Å². The predicted molar refractivity (Wildman–Crippen MR) is 73.6 cm³/mol. The number of aliphatic hydroxyl groups excluding tert-OH is 1. The van der Waals surface area contributed by atoms with Gasteiger partial charge in [0.05, 0.1) is 12.2 Å². The van der Waals surface area contributed by atoms with E-state index < -0.39 is 0 Å². The molecule has 0 radical (unpaired) electrons. The second kappa shape index (κ2) is 5.89. The predicted octanol–water partition coefficient (Wildman–Crippen LogP) is 2.28. The lowest BCUT2D eigenvalue weighted by Crippen LogP contribution is -2.52. The number of nitrogens with zero attached hydrogens (tertiary/aromatic N) is 1. The maximum Gasteiger partial charge on any atom is 0.0703 e. The quantitative estimate of drug-likeness (QED) is 0.840. The molecule has 0 aromatic carbocycles. The van der Waals surface area contributed by atoms with Gasteiger partial charge >= 0.3 is 0 Å². The molecule has 1 saturated carbocycles. The zero-order chi connectivity index (χ0) is 13.3. The van der Waals surface area contributed by atoms with E-state index in [0.29, 0.717) is 18.2 Å². The molecule has 0 aromatic rings. The smallest absolute Gasteiger partial charge is 0.0703 e. The van der Waals surface area contributed by atoms with Crippen molar-refractivity contribution in [2.75, 3.05) is 13.7 Å². The molecule has 0 spiro atoms. The molecule has 1 aliphatic carbocycles. The molecule has 0 amide bonds. The largest absolute Gasteiger partial charge is 0.391 e. The van der Waals surface area contributed by atoms with Gasteiger partial charge in [0.25, 0.3) is 0 Å². The van der Waals surface area contributed by atoms with Crippen LogP contribution in [0.4, 0.5) is 0 Å². The van der Waals surface area contributed by atoms with E-state index in [9.17, 15) is 5.11 Å². The van der Waals surface area contributed by atoms with Gasteiger partial charge in [0.1, 0.15) is 0 Å². The van der Waals surface area contributed by atoms with Gasteiger partial charge in [-0.25, -0.2) is 0 Å². The fraction of sp³-hybridized carbons (Fsp3) is 1.00. The molecule has 1 N–H and O–H groups in total. The minimum Gasteiger partial charge on any atom is -0.391 e. The zero-order valence-electron chi connectivity index (χ0n) is 12.3. The van der Waals surface area contributed by atoms with E-state index in [4.69, 9.17) is 4.74 Å². The van der Waals surface area contributed by atoms with E-state index in [1.54, 1.807) is 0 Å². The summed E-state index contributed by atoms with van der Waals surface area (Å²) in [5.41, 5.74) is 0. The number of rotatable bonds is 3. The van der Waals surface area contributed by atoms with Crippen molar-refractivity contribution >= 4 is 0 Å². The van der Waals surface area contributed by atoms with E-state index in [1.165, 1.54) is 6.42 Å². The van der Waals surface area contributed by atoms with Gasteiger partial charge in [0, 0.05) is 18.7 Å². The highest BCUT2D eigenvalue weighted by Crippen LogP contribution is 2.34. The minimum atomic E-state index is -0.155. The second-order valence-corrected chi connectivity index (χ2v) is 6.55. The molecule has 18 heavy (non-hydrogen) atoms. The minimum absolute atomic E-state index is 0.155. The molecule has 5 unspecified atom stereocenters. The van der Waals surface area contributed by atoms with Gasteiger partial charge in [-0.3, -0.25) is 4.90 Å². The van der Waals surface area contributed by atoms with Crippen LogP contribution in [0.2, 0.25) is 0 Å². The first-order valence-electron chi connectivity index (χ1n) is 7.52. The average Bonchev–Trinajstić information content (AvgIpc) is 2.75. The van der Waals surface area contributed by atoms with Crippen molar-refractivity contribution in [3.63, 3.8) is 0 Å². The van der Waals surface area contributed by atoms with Crippen molar-refractivity contribution < 1.29 is 9.84 Å². The molecular formula is C15H29NO2. The zero-order valence-corrected chi connectivity index (χ0v) is 12.3. The summed E-state index contributed by atoms with van der Waals surface area (Å²) in [6.45, 7) is 7.64. The highest BCUT2D eigenvalue weighted by molar-refractivity contribution is 4.92. The maximum absolute atomic E-state index is 10.3. The van der Waals surface area contributed by atoms with E-state index in [-0.39, 0.29) is 6.10 Å². The molecule has 1 aliphatic heterocycles. The van der Waals surface area contributed by atoms with Gasteiger partial charge in [0.2, 0.25) is 0 Å². The van der Waals surface area contributed by atoms with Gasteiger partial charge in [-0.05, 0) is 51.5 Å². The summed E-state index contributed by atoms with van der Waals surface area (Å²) < 4.78 is 5.66. The number of ether oxygens (including phenoxy) is 1. The molecule has 1 heterocycles. The van der Waals surface area contributed by atoms with Crippen molar-refractivity contribution in [2.24, 2.45) is 11.8 Å². The molecule has 0 aromatic heterocycles. The van der Waals surface area contributed by atoms with Gasteiger partial charge in [-0.2, -0.15) is 0 Å². The van der Waals surface area contributed by atoms with Crippen LogP contribution in [0.25, 0.3) is 0 Å². The Kier molecular flexibility index (Phi) is 4.68. The van der Waals surface area contributed by atoms with Crippen molar-refractivity contribution in [1.82, 2.24) is 4.90 Å². The summed E-state index contributed by atoms with van der Waals surface area (Å²) in [7, 11) is 2.17. The Bertz CT molecular complexity index is 269. The first-order valence-corrected chi connectivity index (χ1v) is 7.52. The molecule has 106 valence electrons. The first-order chi connectivity index (χ1) is 8.50. The van der Waals surface area contributed by atoms with Crippen LogP contribution in [-0.2, 0) is 4.74 Å². The lowest BCUT2D eigenvalue weighted by molar-refractivity contribution is -0.0234. The van der Waals surface area contributed by atoms with Crippen LogP contribution in [0.5, 0.6) is 0 Å². The normalized spacial score (nSPS) is 41.8. The van der Waals surface area contributed by atoms with Crippen molar-refractivity contribution in [1.29, 1.82) is 0 Å². The molecule has 0 bridgehead atoms. The van der Waals surface area contributed by atoms with Crippen molar-refractivity contribution in [3.8, 4) is 0 Å². The average molecular weight is 255 g/mol. The SMILES string of the molecule is CC(C)C1CCC(O)C(N(C)C2CCOC2C)C1. The van der Waals surface area contributed by atoms with Gasteiger partial charge < -0.3 is 9.84 Å². The number of hydrogen-bond acceptors (Lipinski definition) is 3. The summed E-state index contributed by atoms with van der Waals surface area (Å²) in [4.78, 5) is 2.40. The highest BCUT2D eigenvalue weighted by atomic mass is 16.5. The fourth-order valence-corrected chi connectivity index (χ4v) is 3.71. The van der Waals surface area contributed by atoms with E-state index in [0.717, 1.165) is 37.7 Å². The first kappa shape index (κ1) is 14.3. The third kappa shape index (κ3) is 2.89. The monoisotopic (exact) mass is 255 g/mol. The lowest BCUT2D eigenvalue weighted by atomic mass is 9.77. The van der Waals surface area contributed by atoms with Crippen LogP contribution in [0.15, 0.2) is 0 Å². The molecule has 1 saturated heterocycles. The summed E-state index contributed by atoms with van der Waals surface area (Å²) in [6.07, 6.45) is 4.53. The molecule has 5 atom stereocenters. The van der Waals surface area contributed by atoms with Gasteiger partial charge in [0.15, 0.2) is 0 Å². The lowest BCUT2D eigenvalue weighted by Gasteiger charge is -2.43. The van der Waals surface area contributed by atoms with Crippen LogP contribution in [0, 0.1) is 11.8 Å². The number of likely N-dealkylation sites (N-methyl/N-ethyl adjacent to an activating group) is 1. The highest BCUT2D eigenvalue weighted by Gasteiger charge is 2.38. The molecule has 2 fully saturated rings. The molecule has 3 heteroatoms. The Balaban J connectivity index is 2.00. The Morgan fingerprint density at radius 1 is 1.17 bits per heavy atom. The Labute approximate surface area is 112 Å². The van der Waals surface area contributed by atoms with E-state index in [1.807, 2.05) is 0 Å². The van der Waals surface area contributed by atoms with E-state index in [2.05, 4.69) is 32.7 Å². The van der Waals surface area contributed by atoms with Crippen LogP contribution in [-0.4, -0.2) is 48.0 Å². The third-order valence-corrected chi connectivity index (χ3v) is 5.15. The topological polar surface area (TPSA) is 32.7 Å². The number of hydrogen-bond donors (Lipinski definition) is 1. The number of aliphatic hydroxyl groups is 1. The molecule has 2 rings (SSSR count). The molecule has 3 nitrogen and oxygen atoms in total. The Hall–Kier alpha value is -0.120. The Morgan fingerprint density at radius 3 is 2.44 bits per heavy atom. The van der Waals surface area contributed by atoms with Crippen LogP contribution in [0.3, 0.4) is 0 Å². The van der Waals surface area contributed by atoms with Crippen LogP contribution < -0.4 is 0 Å². The van der Waals surface area contributed by atoms with Crippen LogP contribution >= 0.6 is 0 Å². The van der Waals surface area contributed by atoms with Crippen LogP contribution in [0.1, 0.15) is 46.5 Å². The maximum atomic E-state index is 10.3.